The molecule has 15 heavy (non-hydrogen) atoms. The Hall–Kier alpha value is -1.11. The van der Waals surface area contributed by atoms with Crippen molar-refractivity contribution in [2.45, 2.75) is 12.5 Å². The molecule has 2 N–H and O–H groups in total. The largest absolute Gasteiger partial charge is 0.322 e. The summed E-state index contributed by atoms with van der Waals surface area (Å²) in [5.74, 6) is -0.311. The summed E-state index contributed by atoms with van der Waals surface area (Å²) in [5, 5.41) is 4.85. The molecule has 1 saturated heterocycles. The highest BCUT2D eigenvalue weighted by Gasteiger charge is 2.43. The fraction of sp³-hybridized carbons (Fsp3) is 0.200. The van der Waals surface area contributed by atoms with Crippen LogP contribution in [0.4, 0.5) is 4.79 Å². The van der Waals surface area contributed by atoms with Gasteiger partial charge in [-0.25, -0.2) is 4.79 Å². The second-order valence-corrected chi connectivity index (χ2v) is 4.79. The molecule has 1 aliphatic rings. The molecule has 0 spiro atoms. The highest BCUT2D eigenvalue weighted by molar-refractivity contribution is 14.1. The maximum Gasteiger partial charge on any atom is 0.322 e. The Morgan fingerprint density at radius 2 is 2.07 bits per heavy atom. The second kappa shape index (κ2) is 3.48. The molecule has 3 amide bonds. The fourth-order valence-corrected chi connectivity index (χ4v) is 2.09. The predicted octanol–water partition coefficient (Wildman–Crippen LogP) is 1.35. The minimum Gasteiger partial charge on any atom is -0.320 e. The highest BCUT2D eigenvalue weighted by atomic mass is 127. The number of urea groups is 1. The number of nitrogens with one attached hydrogen (secondary N) is 2. The van der Waals surface area contributed by atoms with Crippen LogP contribution in [0.25, 0.3) is 0 Å². The summed E-state index contributed by atoms with van der Waals surface area (Å²) in [6.07, 6.45) is 0. The monoisotopic (exact) mass is 316 g/mol. The third kappa shape index (κ3) is 1.71. The minimum atomic E-state index is -0.946. The maximum atomic E-state index is 11.6. The third-order valence-electron chi connectivity index (χ3n) is 2.45. The first kappa shape index (κ1) is 10.4. The number of imide groups is 1. The van der Waals surface area contributed by atoms with Crippen molar-refractivity contribution in [1.82, 2.24) is 10.6 Å². The molecule has 0 radical (unpaired) electrons. The lowest BCUT2D eigenvalue weighted by atomic mass is 9.92. The Kier molecular flexibility index (Phi) is 2.41. The predicted molar refractivity (Wildman–Crippen MR) is 63.2 cm³/mol. The molecule has 5 heteroatoms. The van der Waals surface area contributed by atoms with Gasteiger partial charge in [-0.1, -0.05) is 12.1 Å². The summed E-state index contributed by atoms with van der Waals surface area (Å²) in [7, 11) is 0. The van der Waals surface area contributed by atoms with Crippen LogP contribution in [0.3, 0.4) is 0 Å². The van der Waals surface area contributed by atoms with Crippen LogP contribution in [-0.4, -0.2) is 11.9 Å². The quantitative estimate of drug-likeness (QED) is 0.607. The number of benzene rings is 1. The summed E-state index contributed by atoms with van der Waals surface area (Å²) < 4.78 is 1.03. The van der Waals surface area contributed by atoms with Gasteiger partial charge in [0.1, 0.15) is 5.54 Å². The third-order valence-corrected chi connectivity index (χ3v) is 3.12. The van der Waals surface area contributed by atoms with E-state index in [1.165, 1.54) is 0 Å². The first-order chi connectivity index (χ1) is 7.02. The van der Waals surface area contributed by atoms with E-state index in [2.05, 4.69) is 33.2 Å². The van der Waals surface area contributed by atoms with Gasteiger partial charge in [0, 0.05) is 3.57 Å². The Morgan fingerprint density at radius 3 is 2.60 bits per heavy atom. The molecule has 0 saturated carbocycles. The van der Waals surface area contributed by atoms with E-state index in [9.17, 15) is 9.59 Å². The Balaban J connectivity index is 2.46. The molecular weight excluding hydrogens is 307 g/mol. The standard InChI is InChI=1S/C10H9IN2O2/c1-10(8(14)12-9(15)13-10)6-3-2-4-7(11)5-6/h2-5H,1H3,(H2,12,13,14,15). The Labute approximate surface area is 101 Å². The van der Waals surface area contributed by atoms with Crippen LogP contribution >= 0.6 is 22.6 Å². The first-order valence-corrected chi connectivity index (χ1v) is 5.50. The normalized spacial score (nSPS) is 24.9. The van der Waals surface area contributed by atoms with Crippen LogP contribution in [0.1, 0.15) is 12.5 Å². The molecular formula is C10H9IN2O2. The number of hydrogen-bond acceptors (Lipinski definition) is 2. The van der Waals surface area contributed by atoms with E-state index in [4.69, 9.17) is 0 Å². The van der Waals surface area contributed by atoms with Gasteiger partial charge in [-0.05, 0) is 47.2 Å². The van der Waals surface area contributed by atoms with Crippen molar-refractivity contribution >= 4 is 34.5 Å². The number of carbonyl (C=O) groups excluding carboxylic acids is 2. The van der Waals surface area contributed by atoms with Crippen LogP contribution in [0, 0.1) is 3.57 Å². The van der Waals surface area contributed by atoms with Crippen LogP contribution in [-0.2, 0) is 10.3 Å². The first-order valence-electron chi connectivity index (χ1n) is 4.42. The van der Waals surface area contributed by atoms with Crippen molar-refractivity contribution in [2.75, 3.05) is 0 Å². The van der Waals surface area contributed by atoms with E-state index in [-0.39, 0.29) is 5.91 Å². The average molecular weight is 316 g/mol. The van der Waals surface area contributed by atoms with Gasteiger partial charge in [0.05, 0.1) is 0 Å². The molecule has 1 unspecified atom stereocenters. The molecule has 1 heterocycles. The molecule has 2 rings (SSSR count). The van der Waals surface area contributed by atoms with E-state index in [1.54, 1.807) is 6.92 Å². The van der Waals surface area contributed by atoms with Crippen LogP contribution in [0.15, 0.2) is 24.3 Å². The zero-order chi connectivity index (χ0) is 11.1. The SMILES string of the molecule is CC1(c2cccc(I)c2)NC(=O)NC1=O. The van der Waals surface area contributed by atoms with E-state index in [1.807, 2.05) is 24.3 Å². The smallest absolute Gasteiger partial charge is 0.320 e. The van der Waals surface area contributed by atoms with Crippen molar-refractivity contribution in [1.29, 1.82) is 0 Å². The number of amides is 3. The zero-order valence-corrected chi connectivity index (χ0v) is 10.2. The molecule has 1 aromatic carbocycles. The second-order valence-electron chi connectivity index (χ2n) is 3.54. The Morgan fingerprint density at radius 1 is 1.33 bits per heavy atom. The van der Waals surface area contributed by atoms with E-state index in [0.717, 1.165) is 9.13 Å². The molecule has 4 nitrogen and oxygen atoms in total. The van der Waals surface area contributed by atoms with Gasteiger partial charge in [0.15, 0.2) is 0 Å². The summed E-state index contributed by atoms with van der Waals surface area (Å²) in [6, 6.07) is 7.06. The van der Waals surface area contributed by atoms with Crippen LogP contribution in [0.5, 0.6) is 0 Å². The Bertz CT molecular complexity index is 447. The van der Waals surface area contributed by atoms with E-state index < -0.39 is 11.6 Å². The molecule has 0 aromatic heterocycles. The lowest BCUT2D eigenvalue weighted by Crippen LogP contribution is -2.40. The van der Waals surface area contributed by atoms with Gasteiger partial charge in [-0.15, -0.1) is 0 Å². The van der Waals surface area contributed by atoms with Gasteiger partial charge in [-0.2, -0.15) is 0 Å². The van der Waals surface area contributed by atoms with Crippen molar-refractivity contribution < 1.29 is 9.59 Å². The molecule has 0 bridgehead atoms. The van der Waals surface area contributed by atoms with Crippen molar-refractivity contribution in [3.63, 3.8) is 0 Å². The molecule has 1 aromatic rings. The molecule has 0 aliphatic carbocycles. The average Bonchev–Trinajstić information content (AvgIpc) is 2.42. The summed E-state index contributed by atoms with van der Waals surface area (Å²) in [4.78, 5) is 22.7. The lowest BCUT2D eigenvalue weighted by Gasteiger charge is -2.21. The van der Waals surface area contributed by atoms with Crippen LogP contribution < -0.4 is 10.6 Å². The summed E-state index contributed by atoms with van der Waals surface area (Å²) >= 11 is 2.17. The van der Waals surface area contributed by atoms with Gasteiger partial charge in [0.25, 0.3) is 5.91 Å². The van der Waals surface area contributed by atoms with Crippen LogP contribution in [0.2, 0.25) is 0 Å². The van der Waals surface area contributed by atoms with Gasteiger partial charge >= 0.3 is 6.03 Å². The topological polar surface area (TPSA) is 58.2 Å². The number of halogens is 1. The molecule has 1 fully saturated rings. The molecule has 1 atom stereocenters. The van der Waals surface area contributed by atoms with Crippen molar-refractivity contribution in [3.05, 3.63) is 33.4 Å². The number of carbonyl (C=O) groups is 2. The maximum absolute atomic E-state index is 11.6. The van der Waals surface area contributed by atoms with Gasteiger partial charge in [-0.3, -0.25) is 10.1 Å². The fourth-order valence-electron chi connectivity index (χ4n) is 1.55. The zero-order valence-electron chi connectivity index (χ0n) is 8.00. The van der Waals surface area contributed by atoms with Gasteiger partial charge in [0.2, 0.25) is 0 Å². The highest BCUT2D eigenvalue weighted by Crippen LogP contribution is 2.25. The summed E-state index contributed by atoms with van der Waals surface area (Å²) in [5.41, 5.74) is -0.157. The molecule has 78 valence electrons. The van der Waals surface area contributed by atoms with E-state index >= 15 is 0 Å². The lowest BCUT2D eigenvalue weighted by molar-refractivity contribution is -0.123. The summed E-state index contributed by atoms with van der Waals surface area (Å²) in [6.45, 7) is 1.69. The van der Waals surface area contributed by atoms with Crippen molar-refractivity contribution in [2.24, 2.45) is 0 Å². The number of rotatable bonds is 1. The molecule has 1 aliphatic heterocycles. The van der Waals surface area contributed by atoms with Crippen molar-refractivity contribution in [3.8, 4) is 0 Å². The van der Waals surface area contributed by atoms with Gasteiger partial charge < -0.3 is 5.32 Å². The van der Waals surface area contributed by atoms with E-state index in [0.29, 0.717) is 0 Å². The number of hydrogen-bond donors (Lipinski definition) is 2. The minimum absolute atomic E-state index is 0.311.